The van der Waals surface area contributed by atoms with E-state index in [2.05, 4.69) is 18.2 Å². The van der Waals surface area contributed by atoms with Crippen molar-refractivity contribution in [3.8, 4) is 5.75 Å². The highest BCUT2D eigenvalue weighted by atomic mass is 16.5. The van der Waals surface area contributed by atoms with E-state index in [0.717, 1.165) is 23.1 Å². The summed E-state index contributed by atoms with van der Waals surface area (Å²) in [4.78, 5) is 10.4. The molecule has 0 radical (unpaired) electrons. The molecular formula is C19H20O3. The Morgan fingerprint density at radius 1 is 1.14 bits per heavy atom. The van der Waals surface area contributed by atoms with Gasteiger partial charge in [0.1, 0.15) is 5.75 Å². The third-order valence-corrected chi connectivity index (χ3v) is 3.37. The average Bonchev–Trinajstić information content (AvgIpc) is 2.53. The van der Waals surface area contributed by atoms with Gasteiger partial charge in [-0.1, -0.05) is 42.5 Å². The van der Waals surface area contributed by atoms with Crippen molar-refractivity contribution in [2.75, 3.05) is 7.11 Å². The predicted molar refractivity (Wildman–Crippen MR) is 90.2 cm³/mol. The molecular weight excluding hydrogens is 276 g/mol. The Labute approximate surface area is 130 Å². The van der Waals surface area contributed by atoms with Crippen LogP contribution < -0.4 is 4.74 Å². The number of fused-ring (bicyclic) bond motifs is 1. The first-order valence-electron chi connectivity index (χ1n) is 7.32. The number of aliphatic carboxylic acids is 1. The highest BCUT2D eigenvalue weighted by molar-refractivity contribution is 5.86. The molecule has 0 aromatic heterocycles. The molecule has 3 heteroatoms. The van der Waals surface area contributed by atoms with Crippen LogP contribution in [0.4, 0.5) is 0 Å². The van der Waals surface area contributed by atoms with Crippen LogP contribution in [0, 0.1) is 0 Å². The van der Waals surface area contributed by atoms with Crippen molar-refractivity contribution in [3.63, 3.8) is 0 Å². The van der Waals surface area contributed by atoms with Crippen LogP contribution in [0.3, 0.4) is 0 Å². The molecule has 2 aromatic carbocycles. The molecule has 0 heterocycles. The fourth-order valence-electron chi connectivity index (χ4n) is 2.19. The number of hydrogen-bond donors (Lipinski definition) is 1. The van der Waals surface area contributed by atoms with Gasteiger partial charge in [-0.05, 0) is 47.4 Å². The van der Waals surface area contributed by atoms with Gasteiger partial charge in [-0.2, -0.15) is 0 Å². The minimum Gasteiger partial charge on any atom is -0.497 e. The summed E-state index contributed by atoms with van der Waals surface area (Å²) >= 11 is 0. The summed E-state index contributed by atoms with van der Waals surface area (Å²) in [6, 6.07) is 12.3. The number of allylic oxidation sites excluding steroid dienone is 3. The molecule has 0 saturated carbocycles. The van der Waals surface area contributed by atoms with Gasteiger partial charge in [0.15, 0.2) is 0 Å². The number of ether oxygens (including phenoxy) is 1. The first kappa shape index (κ1) is 15.8. The molecule has 0 atom stereocenters. The molecule has 0 fully saturated rings. The third kappa shape index (κ3) is 4.77. The van der Waals surface area contributed by atoms with Crippen LogP contribution in [0.25, 0.3) is 16.8 Å². The maximum absolute atomic E-state index is 10.4. The summed E-state index contributed by atoms with van der Waals surface area (Å²) < 4.78 is 5.22. The molecule has 2 rings (SSSR count). The predicted octanol–water partition coefficient (Wildman–Crippen LogP) is 4.67. The van der Waals surface area contributed by atoms with Gasteiger partial charge < -0.3 is 9.84 Å². The van der Waals surface area contributed by atoms with Gasteiger partial charge in [0.2, 0.25) is 0 Å². The van der Waals surface area contributed by atoms with E-state index < -0.39 is 5.97 Å². The van der Waals surface area contributed by atoms with Crippen LogP contribution in [0.15, 0.2) is 54.6 Å². The van der Waals surface area contributed by atoms with Crippen LogP contribution in [-0.2, 0) is 4.79 Å². The minimum atomic E-state index is -0.739. The lowest BCUT2D eigenvalue weighted by Gasteiger charge is -2.03. The van der Waals surface area contributed by atoms with Crippen molar-refractivity contribution < 1.29 is 14.6 Å². The van der Waals surface area contributed by atoms with E-state index in [1.54, 1.807) is 7.11 Å². The molecule has 114 valence electrons. The highest BCUT2D eigenvalue weighted by Gasteiger charge is 1.97. The third-order valence-electron chi connectivity index (χ3n) is 3.37. The zero-order valence-electron chi connectivity index (χ0n) is 12.7. The fourth-order valence-corrected chi connectivity index (χ4v) is 2.19. The van der Waals surface area contributed by atoms with Gasteiger partial charge in [-0.25, -0.2) is 0 Å². The van der Waals surface area contributed by atoms with Gasteiger partial charge in [0.05, 0.1) is 7.11 Å². The Hall–Kier alpha value is -2.55. The second-order valence-corrected chi connectivity index (χ2v) is 5.05. The zero-order valence-corrected chi connectivity index (χ0v) is 12.7. The Bertz CT molecular complexity index is 699. The Balaban J connectivity index is 1.95. The van der Waals surface area contributed by atoms with E-state index in [-0.39, 0.29) is 6.42 Å². The van der Waals surface area contributed by atoms with Crippen LogP contribution in [0.1, 0.15) is 24.8 Å². The zero-order chi connectivity index (χ0) is 15.8. The number of rotatable bonds is 7. The molecule has 3 nitrogen and oxygen atoms in total. The standard InChI is InChI=1S/C19H20O3/c1-22-18-12-11-16-13-15(9-10-17(16)14-18)7-5-3-2-4-6-8-19(20)21/h2-3,5,7,9-14H,4,6,8H2,1H3,(H,20,21). The van der Waals surface area contributed by atoms with Crippen LogP contribution >= 0.6 is 0 Å². The van der Waals surface area contributed by atoms with Crippen LogP contribution in [0.2, 0.25) is 0 Å². The van der Waals surface area contributed by atoms with Gasteiger partial charge in [-0.3, -0.25) is 4.79 Å². The molecule has 0 aliphatic heterocycles. The normalized spacial score (nSPS) is 11.5. The van der Waals surface area contributed by atoms with Gasteiger partial charge in [-0.15, -0.1) is 0 Å². The first-order valence-corrected chi connectivity index (χ1v) is 7.32. The van der Waals surface area contributed by atoms with Crippen molar-refractivity contribution in [2.24, 2.45) is 0 Å². The lowest BCUT2D eigenvalue weighted by Crippen LogP contribution is -1.92. The van der Waals surface area contributed by atoms with E-state index in [1.165, 1.54) is 5.39 Å². The number of carboxylic acids is 1. The van der Waals surface area contributed by atoms with Crippen molar-refractivity contribution in [1.29, 1.82) is 0 Å². The number of benzene rings is 2. The molecule has 0 saturated heterocycles. The number of carbonyl (C=O) groups is 1. The maximum atomic E-state index is 10.4. The van der Waals surface area contributed by atoms with E-state index in [9.17, 15) is 4.79 Å². The molecule has 0 bridgehead atoms. The lowest BCUT2D eigenvalue weighted by atomic mass is 10.1. The summed E-state index contributed by atoms with van der Waals surface area (Å²) in [6.45, 7) is 0. The first-order chi connectivity index (χ1) is 10.7. The molecule has 22 heavy (non-hydrogen) atoms. The Morgan fingerprint density at radius 2 is 1.91 bits per heavy atom. The molecule has 2 aromatic rings. The Kier molecular flexibility index (Phi) is 5.78. The SMILES string of the molecule is COc1ccc2cc(C=CC=CCCCC(=O)O)ccc2c1. The smallest absolute Gasteiger partial charge is 0.303 e. The summed E-state index contributed by atoms with van der Waals surface area (Å²) in [6.07, 6.45) is 9.65. The second kappa shape index (κ2) is 8.03. The summed E-state index contributed by atoms with van der Waals surface area (Å²) in [5.74, 6) is 0.122. The van der Waals surface area contributed by atoms with Crippen molar-refractivity contribution in [2.45, 2.75) is 19.3 Å². The molecule has 0 aliphatic rings. The van der Waals surface area contributed by atoms with E-state index in [1.807, 2.05) is 42.5 Å². The van der Waals surface area contributed by atoms with Crippen LogP contribution in [-0.4, -0.2) is 18.2 Å². The van der Waals surface area contributed by atoms with Gasteiger partial charge in [0.25, 0.3) is 0 Å². The molecule has 0 unspecified atom stereocenters. The van der Waals surface area contributed by atoms with Gasteiger partial charge >= 0.3 is 5.97 Å². The van der Waals surface area contributed by atoms with E-state index in [4.69, 9.17) is 9.84 Å². The topological polar surface area (TPSA) is 46.5 Å². The van der Waals surface area contributed by atoms with Crippen LogP contribution in [0.5, 0.6) is 5.75 Å². The van der Waals surface area contributed by atoms with E-state index in [0.29, 0.717) is 6.42 Å². The molecule has 0 amide bonds. The monoisotopic (exact) mass is 296 g/mol. The second-order valence-electron chi connectivity index (χ2n) is 5.05. The number of carboxylic acid groups (broad SMARTS) is 1. The summed E-state index contributed by atoms with van der Waals surface area (Å²) in [5.41, 5.74) is 1.13. The van der Waals surface area contributed by atoms with Gasteiger partial charge in [0, 0.05) is 6.42 Å². The quantitative estimate of drug-likeness (QED) is 0.596. The number of methoxy groups -OCH3 is 1. The molecule has 0 aliphatic carbocycles. The Morgan fingerprint density at radius 3 is 2.68 bits per heavy atom. The lowest BCUT2D eigenvalue weighted by molar-refractivity contribution is -0.137. The minimum absolute atomic E-state index is 0.224. The summed E-state index contributed by atoms with van der Waals surface area (Å²) in [5, 5.41) is 10.9. The fraction of sp³-hybridized carbons (Fsp3) is 0.211. The number of unbranched alkanes of at least 4 members (excludes halogenated alkanes) is 1. The highest BCUT2D eigenvalue weighted by Crippen LogP contribution is 2.22. The van der Waals surface area contributed by atoms with Crippen molar-refractivity contribution in [3.05, 3.63) is 60.2 Å². The molecule has 0 spiro atoms. The maximum Gasteiger partial charge on any atom is 0.303 e. The molecule has 1 N–H and O–H groups in total. The summed E-state index contributed by atoms with van der Waals surface area (Å²) in [7, 11) is 1.67. The van der Waals surface area contributed by atoms with Crippen molar-refractivity contribution in [1.82, 2.24) is 0 Å². The largest absolute Gasteiger partial charge is 0.497 e. The van der Waals surface area contributed by atoms with E-state index >= 15 is 0 Å². The van der Waals surface area contributed by atoms with Crippen molar-refractivity contribution >= 4 is 22.8 Å². The number of hydrogen-bond acceptors (Lipinski definition) is 2. The average molecular weight is 296 g/mol.